The van der Waals surface area contributed by atoms with Gasteiger partial charge in [0.15, 0.2) is 0 Å². The maximum absolute atomic E-state index is 12.3. The summed E-state index contributed by atoms with van der Waals surface area (Å²) in [5.41, 5.74) is 5.99. The Balaban J connectivity index is 0.00000220. The molecule has 0 aliphatic heterocycles. The van der Waals surface area contributed by atoms with Crippen LogP contribution < -0.4 is 5.73 Å². The van der Waals surface area contributed by atoms with E-state index in [4.69, 9.17) is 10.5 Å². The van der Waals surface area contributed by atoms with Gasteiger partial charge in [0.1, 0.15) is 0 Å². The van der Waals surface area contributed by atoms with Crippen LogP contribution in [-0.4, -0.2) is 42.6 Å². The van der Waals surface area contributed by atoms with E-state index in [-0.39, 0.29) is 29.8 Å². The van der Waals surface area contributed by atoms with Gasteiger partial charge in [-0.2, -0.15) is 0 Å². The fourth-order valence-corrected chi connectivity index (χ4v) is 4.10. The Hall–Kier alpha value is -0.320. The number of nitrogens with zero attached hydrogens (tertiary/aromatic N) is 1. The topological polar surface area (TPSA) is 55.6 Å². The summed E-state index contributed by atoms with van der Waals surface area (Å²) >= 11 is 0. The monoisotopic (exact) mass is 318 g/mol. The summed E-state index contributed by atoms with van der Waals surface area (Å²) in [5, 5.41) is 0. The summed E-state index contributed by atoms with van der Waals surface area (Å²) in [7, 11) is 1.97. The molecule has 0 saturated heterocycles. The summed E-state index contributed by atoms with van der Waals surface area (Å²) < 4.78 is 5.92. The highest BCUT2D eigenvalue weighted by Gasteiger charge is 2.58. The Kier molecular flexibility index (Phi) is 6.95. The first-order valence-corrected chi connectivity index (χ1v) is 8.14. The molecule has 1 amide bonds. The van der Waals surface area contributed by atoms with E-state index in [2.05, 4.69) is 6.92 Å². The molecule has 2 saturated carbocycles. The standard InChI is InChI=1S/C16H30N2O2.ClH/c1-4-20-14-11-13(16(14)9-5-6-10-16)18(3)15(19)8-7-12(2)17;/h12-14H,4-11,17H2,1-3H3;1H. The van der Waals surface area contributed by atoms with Crippen molar-refractivity contribution in [2.24, 2.45) is 11.1 Å². The maximum atomic E-state index is 12.3. The van der Waals surface area contributed by atoms with Crippen molar-refractivity contribution in [1.29, 1.82) is 0 Å². The Morgan fingerprint density at radius 3 is 2.57 bits per heavy atom. The largest absolute Gasteiger partial charge is 0.378 e. The van der Waals surface area contributed by atoms with Crippen LogP contribution in [0.3, 0.4) is 0 Å². The van der Waals surface area contributed by atoms with E-state index in [0.717, 1.165) is 19.4 Å². The molecule has 1 spiro atoms. The minimum Gasteiger partial charge on any atom is -0.378 e. The van der Waals surface area contributed by atoms with Crippen molar-refractivity contribution in [2.75, 3.05) is 13.7 Å². The third-order valence-corrected chi connectivity index (χ3v) is 5.32. The van der Waals surface area contributed by atoms with Crippen molar-refractivity contribution in [2.45, 2.75) is 77.0 Å². The molecule has 124 valence electrons. The first kappa shape index (κ1) is 18.7. The van der Waals surface area contributed by atoms with Crippen LogP contribution in [-0.2, 0) is 9.53 Å². The SMILES string of the molecule is CCOC1CC(N(C)C(=O)CCC(C)N)C12CCCC2.Cl. The van der Waals surface area contributed by atoms with E-state index in [1.165, 1.54) is 25.7 Å². The average Bonchev–Trinajstić information content (AvgIpc) is 2.91. The normalized spacial score (nSPS) is 27.8. The third kappa shape index (κ3) is 3.72. The van der Waals surface area contributed by atoms with E-state index in [0.29, 0.717) is 18.6 Å². The van der Waals surface area contributed by atoms with Crippen LogP contribution in [0.5, 0.6) is 0 Å². The quantitative estimate of drug-likeness (QED) is 0.819. The molecule has 2 fully saturated rings. The number of nitrogens with two attached hydrogens (primary N) is 1. The lowest BCUT2D eigenvalue weighted by Crippen LogP contribution is -2.64. The molecule has 5 heteroatoms. The van der Waals surface area contributed by atoms with Gasteiger partial charge in [-0.25, -0.2) is 0 Å². The second kappa shape index (κ2) is 7.80. The molecule has 0 radical (unpaired) electrons. The zero-order chi connectivity index (χ0) is 14.8. The highest BCUT2D eigenvalue weighted by Crippen LogP contribution is 2.56. The molecule has 0 bridgehead atoms. The Morgan fingerprint density at radius 1 is 1.43 bits per heavy atom. The molecule has 2 rings (SSSR count). The predicted octanol–water partition coefficient (Wildman–Crippen LogP) is 2.73. The van der Waals surface area contributed by atoms with Crippen molar-refractivity contribution < 1.29 is 9.53 Å². The van der Waals surface area contributed by atoms with E-state index in [9.17, 15) is 4.79 Å². The van der Waals surface area contributed by atoms with Gasteiger partial charge in [-0.15, -0.1) is 12.4 Å². The molecule has 0 heterocycles. The Labute approximate surface area is 135 Å². The van der Waals surface area contributed by atoms with Crippen molar-refractivity contribution in [3.8, 4) is 0 Å². The molecule has 21 heavy (non-hydrogen) atoms. The predicted molar refractivity (Wildman–Crippen MR) is 87.6 cm³/mol. The molecule has 3 unspecified atom stereocenters. The Bertz CT molecular complexity index is 343. The van der Waals surface area contributed by atoms with Gasteiger partial charge < -0.3 is 15.4 Å². The number of hydrogen-bond acceptors (Lipinski definition) is 3. The van der Waals surface area contributed by atoms with Crippen LogP contribution >= 0.6 is 12.4 Å². The van der Waals surface area contributed by atoms with Gasteiger partial charge in [-0.3, -0.25) is 4.79 Å². The van der Waals surface area contributed by atoms with Gasteiger partial charge in [0.25, 0.3) is 0 Å². The lowest BCUT2D eigenvalue weighted by Gasteiger charge is -2.57. The smallest absolute Gasteiger partial charge is 0.222 e. The molecule has 2 N–H and O–H groups in total. The van der Waals surface area contributed by atoms with Crippen molar-refractivity contribution in [3.05, 3.63) is 0 Å². The summed E-state index contributed by atoms with van der Waals surface area (Å²) in [5.74, 6) is 0.244. The highest BCUT2D eigenvalue weighted by molar-refractivity contribution is 5.85. The minimum absolute atomic E-state index is 0. The molecule has 3 atom stereocenters. The van der Waals surface area contributed by atoms with Gasteiger partial charge in [-0.05, 0) is 39.5 Å². The van der Waals surface area contributed by atoms with Crippen LogP contribution in [0, 0.1) is 5.41 Å². The number of hydrogen-bond donors (Lipinski definition) is 1. The van der Waals surface area contributed by atoms with E-state index in [1.54, 1.807) is 0 Å². The second-order valence-electron chi connectivity index (χ2n) is 6.66. The van der Waals surface area contributed by atoms with Crippen LogP contribution in [0.25, 0.3) is 0 Å². The zero-order valence-electron chi connectivity index (χ0n) is 13.6. The van der Waals surface area contributed by atoms with E-state index in [1.807, 2.05) is 18.9 Å². The Morgan fingerprint density at radius 2 is 2.05 bits per heavy atom. The van der Waals surface area contributed by atoms with Crippen molar-refractivity contribution in [1.82, 2.24) is 4.90 Å². The van der Waals surface area contributed by atoms with Crippen LogP contribution in [0.4, 0.5) is 0 Å². The number of rotatable bonds is 6. The molecule has 4 nitrogen and oxygen atoms in total. The highest BCUT2D eigenvalue weighted by atomic mass is 35.5. The number of carbonyl (C=O) groups excluding carboxylic acids is 1. The van der Waals surface area contributed by atoms with Crippen LogP contribution in [0.2, 0.25) is 0 Å². The maximum Gasteiger partial charge on any atom is 0.222 e. The van der Waals surface area contributed by atoms with Crippen molar-refractivity contribution >= 4 is 18.3 Å². The van der Waals surface area contributed by atoms with Gasteiger partial charge in [0.2, 0.25) is 5.91 Å². The minimum atomic E-state index is 0. The van der Waals surface area contributed by atoms with Gasteiger partial charge in [-0.1, -0.05) is 12.8 Å². The summed E-state index contributed by atoms with van der Waals surface area (Å²) in [6, 6.07) is 0.479. The number of amides is 1. The van der Waals surface area contributed by atoms with E-state index < -0.39 is 0 Å². The fourth-order valence-electron chi connectivity index (χ4n) is 4.10. The van der Waals surface area contributed by atoms with Crippen LogP contribution in [0.1, 0.15) is 58.8 Å². The van der Waals surface area contributed by atoms with Crippen LogP contribution in [0.15, 0.2) is 0 Å². The lowest BCUT2D eigenvalue weighted by atomic mass is 9.60. The molecule has 0 aromatic rings. The molecule has 2 aliphatic carbocycles. The van der Waals surface area contributed by atoms with Gasteiger partial charge in [0.05, 0.1) is 6.10 Å². The van der Waals surface area contributed by atoms with E-state index >= 15 is 0 Å². The van der Waals surface area contributed by atoms with Gasteiger partial charge in [0, 0.05) is 37.6 Å². The lowest BCUT2D eigenvalue weighted by molar-refractivity contribution is -0.172. The van der Waals surface area contributed by atoms with Crippen molar-refractivity contribution in [3.63, 3.8) is 0 Å². The summed E-state index contributed by atoms with van der Waals surface area (Å²) in [6.07, 6.45) is 7.71. The molecular weight excluding hydrogens is 288 g/mol. The summed E-state index contributed by atoms with van der Waals surface area (Å²) in [6.45, 7) is 4.80. The summed E-state index contributed by atoms with van der Waals surface area (Å²) in [4.78, 5) is 14.3. The molecule has 0 aromatic carbocycles. The first-order valence-electron chi connectivity index (χ1n) is 8.14. The zero-order valence-corrected chi connectivity index (χ0v) is 14.5. The number of carbonyl (C=O) groups is 1. The number of ether oxygens (including phenoxy) is 1. The fraction of sp³-hybridized carbons (Fsp3) is 0.938. The third-order valence-electron chi connectivity index (χ3n) is 5.32. The number of halogens is 1. The second-order valence-corrected chi connectivity index (χ2v) is 6.66. The first-order chi connectivity index (χ1) is 9.51. The molecular formula is C16H31ClN2O2. The molecule has 2 aliphatic rings. The van der Waals surface area contributed by atoms with Gasteiger partial charge >= 0.3 is 0 Å². The molecule has 0 aromatic heterocycles. The average molecular weight is 319 g/mol.